The van der Waals surface area contributed by atoms with Gasteiger partial charge in [0.25, 0.3) is 0 Å². The molecule has 2 aromatic rings. The van der Waals surface area contributed by atoms with Gasteiger partial charge in [-0.05, 0) is 36.8 Å². The van der Waals surface area contributed by atoms with Crippen LogP contribution in [0.4, 0.5) is 15.8 Å². The number of nitrogens with zero attached hydrogens (tertiary/aromatic N) is 2. The van der Waals surface area contributed by atoms with Crippen molar-refractivity contribution in [3.8, 4) is 0 Å². The largest absolute Gasteiger partial charge is 0.325 e. The lowest BCUT2D eigenvalue weighted by molar-refractivity contribution is -0.113. The Morgan fingerprint density at radius 1 is 1.27 bits per heavy atom. The number of rotatable bonds is 4. The van der Waals surface area contributed by atoms with E-state index >= 15 is 0 Å². The standard InChI is InChI=1S/C20H19ClFN3O3S2/c1-12-13(21)5-4-7-15(12)23-19(26)9-29-20-24-16-10-30(27,28)11-18(16)25(20)17-8-3-2-6-14(17)22/h2-8,16,18H,9-11H2,1H3,(H,23,26)/t16-,18+/m1/s1. The molecule has 2 heterocycles. The molecule has 1 saturated heterocycles. The molecule has 158 valence electrons. The highest BCUT2D eigenvalue weighted by atomic mass is 35.5. The van der Waals surface area contributed by atoms with E-state index in [0.717, 1.165) is 17.3 Å². The van der Waals surface area contributed by atoms with Gasteiger partial charge in [0.1, 0.15) is 5.82 Å². The lowest BCUT2D eigenvalue weighted by Crippen LogP contribution is -2.40. The van der Waals surface area contributed by atoms with Gasteiger partial charge < -0.3 is 10.2 Å². The van der Waals surface area contributed by atoms with Crippen LogP contribution in [0.5, 0.6) is 0 Å². The number of amidine groups is 1. The highest BCUT2D eigenvalue weighted by Gasteiger charge is 2.47. The van der Waals surface area contributed by atoms with Crippen LogP contribution in [0.3, 0.4) is 0 Å². The number of fused-ring (bicyclic) bond motifs is 1. The first-order valence-corrected chi connectivity index (χ1v) is 12.4. The number of carbonyl (C=O) groups is 1. The Bertz CT molecular complexity index is 1140. The van der Waals surface area contributed by atoms with Gasteiger partial charge in [-0.3, -0.25) is 9.79 Å². The molecule has 30 heavy (non-hydrogen) atoms. The molecule has 2 aromatic carbocycles. The molecule has 0 aromatic heterocycles. The van der Waals surface area contributed by atoms with Gasteiger partial charge in [-0.1, -0.05) is 41.6 Å². The van der Waals surface area contributed by atoms with Crippen LogP contribution in [-0.2, 0) is 14.6 Å². The fourth-order valence-corrected chi connectivity index (χ4v) is 6.56. The van der Waals surface area contributed by atoms with Crippen molar-refractivity contribution in [3.05, 3.63) is 58.9 Å². The maximum absolute atomic E-state index is 14.5. The first kappa shape index (κ1) is 21.1. The topological polar surface area (TPSA) is 78.8 Å². The van der Waals surface area contributed by atoms with E-state index in [1.807, 2.05) is 6.92 Å². The maximum atomic E-state index is 14.5. The molecular weight excluding hydrogens is 449 g/mol. The molecule has 10 heteroatoms. The molecule has 2 aliphatic rings. The third-order valence-electron chi connectivity index (χ3n) is 5.09. The fourth-order valence-electron chi connectivity index (χ4n) is 3.62. The van der Waals surface area contributed by atoms with E-state index in [1.54, 1.807) is 41.3 Å². The number of aliphatic imine (C=N–C) groups is 1. The number of halogens is 2. The second-order valence-electron chi connectivity index (χ2n) is 7.19. The summed E-state index contributed by atoms with van der Waals surface area (Å²) in [6.45, 7) is 1.81. The van der Waals surface area contributed by atoms with Crippen LogP contribution in [0.25, 0.3) is 0 Å². The SMILES string of the molecule is Cc1c(Cl)cccc1NC(=O)CSC1=N[C@@H]2CS(=O)(=O)C[C@@H]2N1c1ccccc1F. The molecule has 1 N–H and O–H groups in total. The first-order valence-electron chi connectivity index (χ1n) is 9.25. The van der Waals surface area contributed by atoms with Gasteiger partial charge in [0.2, 0.25) is 5.91 Å². The Morgan fingerprint density at radius 2 is 2.03 bits per heavy atom. The zero-order valence-electron chi connectivity index (χ0n) is 16.0. The molecule has 2 aliphatic heterocycles. The van der Waals surface area contributed by atoms with E-state index in [9.17, 15) is 17.6 Å². The van der Waals surface area contributed by atoms with Gasteiger partial charge in [0.15, 0.2) is 15.0 Å². The zero-order valence-corrected chi connectivity index (χ0v) is 18.4. The second-order valence-corrected chi connectivity index (χ2v) is 10.7. The number of hydrogen-bond donors (Lipinski definition) is 1. The quantitative estimate of drug-likeness (QED) is 0.744. The van der Waals surface area contributed by atoms with Gasteiger partial charge in [-0.25, -0.2) is 12.8 Å². The Labute approximate surface area is 183 Å². The minimum atomic E-state index is -3.24. The van der Waals surface area contributed by atoms with Crippen LogP contribution in [0.15, 0.2) is 47.5 Å². The van der Waals surface area contributed by atoms with Crippen molar-refractivity contribution in [2.75, 3.05) is 27.5 Å². The molecule has 0 bridgehead atoms. The van der Waals surface area contributed by atoms with Crippen molar-refractivity contribution in [1.29, 1.82) is 0 Å². The summed E-state index contributed by atoms with van der Waals surface area (Å²) in [5.74, 6) is -0.836. The second kappa shape index (κ2) is 8.20. The van der Waals surface area contributed by atoms with Gasteiger partial charge in [0.05, 0.1) is 35.0 Å². The Kier molecular flexibility index (Phi) is 5.78. The molecule has 0 aliphatic carbocycles. The zero-order chi connectivity index (χ0) is 21.5. The monoisotopic (exact) mass is 467 g/mol. The number of sulfone groups is 1. The lowest BCUT2D eigenvalue weighted by Gasteiger charge is -2.26. The highest BCUT2D eigenvalue weighted by molar-refractivity contribution is 8.14. The van der Waals surface area contributed by atoms with E-state index in [2.05, 4.69) is 10.3 Å². The van der Waals surface area contributed by atoms with Crippen LogP contribution in [0.2, 0.25) is 5.02 Å². The molecule has 0 saturated carbocycles. The number of nitrogens with one attached hydrogen (secondary N) is 1. The normalized spacial score (nSPS) is 22.0. The van der Waals surface area contributed by atoms with Crippen molar-refractivity contribution >= 4 is 55.6 Å². The predicted molar refractivity (Wildman–Crippen MR) is 120 cm³/mol. The van der Waals surface area contributed by atoms with Crippen molar-refractivity contribution in [3.63, 3.8) is 0 Å². The molecule has 4 rings (SSSR count). The Morgan fingerprint density at radius 3 is 2.80 bits per heavy atom. The summed E-state index contributed by atoms with van der Waals surface area (Å²) in [5.41, 5.74) is 1.65. The van der Waals surface area contributed by atoms with E-state index in [0.29, 0.717) is 15.9 Å². The molecule has 2 atom stereocenters. The average molecular weight is 468 g/mol. The van der Waals surface area contributed by atoms with E-state index < -0.39 is 27.7 Å². The smallest absolute Gasteiger partial charge is 0.234 e. The van der Waals surface area contributed by atoms with Gasteiger partial charge in [0, 0.05) is 10.7 Å². The first-order chi connectivity index (χ1) is 14.2. The molecule has 6 nitrogen and oxygen atoms in total. The molecule has 0 radical (unpaired) electrons. The van der Waals surface area contributed by atoms with Crippen molar-refractivity contribution in [1.82, 2.24) is 0 Å². The summed E-state index contributed by atoms with van der Waals surface area (Å²) in [6, 6.07) is 10.5. The number of hydrogen-bond acceptors (Lipinski definition) is 6. The maximum Gasteiger partial charge on any atom is 0.234 e. The van der Waals surface area contributed by atoms with Gasteiger partial charge in [-0.2, -0.15) is 0 Å². The molecule has 1 fully saturated rings. The summed E-state index contributed by atoms with van der Waals surface area (Å²) in [6.07, 6.45) is 0. The summed E-state index contributed by atoms with van der Waals surface area (Å²) < 4.78 is 38.6. The molecule has 0 spiro atoms. The van der Waals surface area contributed by atoms with Crippen LogP contribution in [-0.4, -0.2) is 48.8 Å². The number of amides is 1. The minimum absolute atomic E-state index is 0.0436. The van der Waals surface area contributed by atoms with Gasteiger partial charge >= 0.3 is 0 Å². The van der Waals surface area contributed by atoms with Crippen LogP contribution >= 0.6 is 23.4 Å². The van der Waals surface area contributed by atoms with Gasteiger partial charge in [-0.15, -0.1) is 0 Å². The Balaban J connectivity index is 1.52. The number of para-hydroxylation sites is 1. The van der Waals surface area contributed by atoms with Crippen LogP contribution in [0.1, 0.15) is 5.56 Å². The van der Waals surface area contributed by atoms with Crippen LogP contribution < -0.4 is 10.2 Å². The summed E-state index contributed by atoms with van der Waals surface area (Å²) in [7, 11) is -3.24. The van der Waals surface area contributed by atoms with Crippen molar-refractivity contribution in [2.45, 2.75) is 19.0 Å². The third-order valence-corrected chi connectivity index (χ3v) is 8.17. The van der Waals surface area contributed by atoms with E-state index in [-0.39, 0.29) is 28.9 Å². The number of anilines is 2. The molecular formula is C20H19ClFN3O3S2. The molecule has 1 amide bonds. The predicted octanol–water partition coefficient (Wildman–Crippen LogP) is 3.50. The fraction of sp³-hybridized carbons (Fsp3) is 0.300. The third kappa shape index (κ3) is 4.19. The van der Waals surface area contributed by atoms with E-state index in [1.165, 1.54) is 6.07 Å². The minimum Gasteiger partial charge on any atom is -0.325 e. The summed E-state index contributed by atoms with van der Waals surface area (Å²) in [4.78, 5) is 18.6. The van der Waals surface area contributed by atoms with E-state index in [4.69, 9.17) is 11.6 Å². The average Bonchev–Trinajstić information content (AvgIpc) is 3.15. The number of thioether (sulfide) groups is 1. The summed E-state index contributed by atoms with van der Waals surface area (Å²) in [5, 5.41) is 3.82. The number of benzene rings is 2. The van der Waals surface area contributed by atoms with Crippen LogP contribution in [0, 0.1) is 12.7 Å². The summed E-state index contributed by atoms with van der Waals surface area (Å²) >= 11 is 7.25. The number of carbonyl (C=O) groups excluding carboxylic acids is 1. The highest BCUT2D eigenvalue weighted by Crippen LogP contribution is 2.36. The lowest BCUT2D eigenvalue weighted by atomic mass is 10.1. The molecule has 0 unspecified atom stereocenters. The Hall–Kier alpha value is -2.10. The van der Waals surface area contributed by atoms with Crippen molar-refractivity contribution in [2.24, 2.45) is 4.99 Å². The van der Waals surface area contributed by atoms with Crippen molar-refractivity contribution < 1.29 is 17.6 Å².